The molecule has 0 radical (unpaired) electrons. The molecule has 0 bridgehead atoms. The molecule has 0 N–H and O–H groups in total. The van der Waals surface area contributed by atoms with Crippen LogP contribution < -0.4 is 5.69 Å². The van der Waals surface area contributed by atoms with Crippen molar-refractivity contribution < 1.29 is 4.74 Å². The highest BCUT2D eigenvalue weighted by molar-refractivity contribution is 5.49. The second kappa shape index (κ2) is 8.41. The number of tetrazole rings is 1. The number of benzene rings is 1. The molecule has 0 saturated heterocycles. The average molecular weight is 433 g/mol. The van der Waals surface area contributed by atoms with Crippen LogP contribution in [-0.2, 0) is 18.4 Å². The molecule has 0 amide bonds. The van der Waals surface area contributed by atoms with Crippen molar-refractivity contribution in [3.05, 3.63) is 86.6 Å². The third-order valence-corrected chi connectivity index (χ3v) is 6.60. The van der Waals surface area contributed by atoms with E-state index in [4.69, 9.17) is 4.74 Å². The summed E-state index contributed by atoms with van der Waals surface area (Å²) in [6.45, 7) is 11.4. The van der Waals surface area contributed by atoms with E-state index in [0.717, 1.165) is 35.3 Å². The number of rotatable bonds is 5. The fraction of sp³-hybridized carbons (Fsp3) is 0.423. The maximum absolute atomic E-state index is 12.4. The molecule has 168 valence electrons. The van der Waals surface area contributed by atoms with E-state index >= 15 is 0 Å². The van der Waals surface area contributed by atoms with Crippen LogP contribution in [0.5, 0.6) is 0 Å². The molecule has 1 atom stereocenters. The van der Waals surface area contributed by atoms with Crippen LogP contribution in [0.4, 0.5) is 0 Å². The molecule has 4 rings (SSSR count). The summed E-state index contributed by atoms with van der Waals surface area (Å²) >= 11 is 0. The molecule has 2 aliphatic rings. The van der Waals surface area contributed by atoms with E-state index in [9.17, 15) is 4.79 Å². The Hall–Kier alpha value is -3.15. The smallest absolute Gasteiger partial charge is 0.368 e. The second-order valence-corrected chi connectivity index (χ2v) is 9.57. The van der Waals surface area contributed by atoms with Crippen LogP contribution in [0.15, 0.2) is 69.8 Å². The lowest BCUT2D eigenvalue weighted by atomic mass is 9.69. The highest BCUT2D eigenvalue weighted by atomic mass is 16.5. The normalized spacial score (nSPS) is 20.2. The summed E-state index contributed by atoms with van der Waals surface area (Å²) in [5.41, 5.74) is 6.41. The molecule has 2 aromatic rings. The van der Waals surface area contributed by atoms with Crippen LogP contribution in [0.25, 0.3) is 5.69 Å². The van der Waals surface area contributed by atoms with Gasteiger partial charge in [0.1, 0.15) is 12.4 Å². The standard InChI is InChI=1S/C26H32N4O2/c1-17-10-7-8-12-20(17)22-14-19(3)24(15-26(22,4)5)32-16-21-18(2)11-9-13-23(21)30-25(31)29(6)27-28-30/h7-9,11-14,17H,10,15-16H2,1-6H3. The minimum Gasteiger partial charge on any atom is -0.493 e. The van der Waals surface area contributed by atoms with Crippen molar-refractivity contribution >= 4 is 0 Å². The Morgan fingerprint density at radius 2 is 2.00 bits per heavy atom. The van der Waals surface area contributed by atoms with E-state index in [1.54, 1.807) is 7.05 Å². The van der Waals surface area contributed by atoms with Gasteiger partial charge >= 0.3 is 5.69 Å². The van der Waals surface area contributed by atoms with Crippen molar-refractivity contribution in [2.75, 3.05) is 0 Å². The molecule has 2 aliphatic carbocycles. The zero-order chi connectivity index (χ0) is 23.0. The highest BCUT2D eigenvalue weighted by Crippen LogP contribution is 2.46. The predicted octanol–water partition coefficient (Wildman–Crippen LogP) is 4.94. The minimum absolute atomic E-state index is 0.0173. The van der Waals surface area contributed by atoms with Gasteiger partial charge in [-0.3, -0.25) is 0 Å². The van der Waals surface area contributed by atoms with E-state index in [-0.39, 0.29) is 11.1 Å². The first kappa shape index (κ1) is 22.1. The van der Waals surface area contributed by atoms with Crippen molar-refractivity contribution in [3.63, 3.8) is 0 Å². The van der Waals surface area contributed by atoms with Gasteiger partial charge in [0.2, 0.25) is 0 Å². The number of aromatic nitrogens is 4. The Bertz CT molecular complexity index is 1220. The van der Waals surface area contributed by atoms with Crippen molar-refractivity contribution in [1.82, 2.24) is 19.8 Å². The Balaban J connectivity index is 1.65. The third kappa shape index (κ3) is 4.01. The van der Waals surface area contributed by atoms with Crippen LogP contribution in [0, 0.1) is 18.3 Å². The molecule has 1 aromatic heterocycles. The number of hydrogen-bond donors (Lipinski definition) is 0. The van der Waals surface area contributed by atoms with Crippen molar-refractivity contribution in [2.24, 2.45) is 18.4 Å². The van der Waals surface area contributed by atoms with Crippen LogP contribution in [0.3, 0.4) is 0 Å². The van der Waals surface area contributed by atoms with Gasteiger partial charge < -0.3 is 4.74 Å². The van der Waals surface area contributed by atoms with Crippen LogP contribution >= 0.6 is 0 Å². The third-order valence-electron chi connectivity index (χ3n) is 6.60. The first-order valence-corrected chi connectivity index (χ1v) is 11.2. The quantitative estimate of drug-likeness (QED) is 0.671. The highest BCUT2D eigenvalue weighted by Gasteiger charge is 2.33. The Morgan fingerprint density at radius 1 is 1.22 bits per heavy atom. The summed E-state index contributed by atoms with van der Waals surface area (Å²) in [5.74, 6) is 1.53. The molecule has 6 nitrogen and oxygen atoms in total. The number of aryl methyl sites for hydroxylation is 2. The minimum atomic E-state index is -0.275. The summed E-state index contributed by atoms with van der Waals surface area (Å²) in [5, 5.41) is 7.87. The zero-order valence-electron chi connectivity index (χ0n) is 19.8. The van der Waals surface area contributed by atoms with Crippen LogP contribution in [-0.4, -0.2) is 19.8 Å². The van der Waals surface area contributed by atoms with Gasteiger partial charge in [-0.2, -0.15) is 9.36 Å². The molecule has 0 saturated carbocycles. The lowest BCUT2D eigenvalue weighted by molar-refractivity contribution is 0.164. The average Bonchev–Trinajstić information content (AvgIpc) is 3.08. The first-order valence-electron chi connectivity index (χ1n) is 11.2. The molecule has 6 heteroatoms. The molecule has 1 heterocycles. The number of nitrogens with zero attached hydrogens (tertiary/aromatic N) is 4. The summed E-state index contributed by atoms with van der Waals surface area (Å²) in [7, 11) is 1.60. The van der Waals surface area contributed by atoms with Gasteiger partial charge in [-0.1, -0.05) is 57.2 Å². The van der Waals surface area contributed by atoms with Gasteiger partial charge in [0, 0.05) is 19.0 Å². The lowest BCUT2D eigenvalue weighted by Gasteiger charge is -2.37. The number of hydrogen-bond acceptors (Lipinski definition) is 4. The number of ether oxygens (including phenoxy) is 1. The summed E-state index contributed by atoms with van der Waals surface area (Å²) in [4.78, 5) is 12.4. The number of allylic oxidation sites excluding steroid dienone is 8. The van der Waals surface area contributed by atoms with Gasteiger partial charge in [0.25, 0.3) is 0 Å². The second-order valence-electron chi connectivity index (χ2n) is 9.57. The fourth-order valence-electron chi connectivity index (χ4n) is 4.57. The lowest BCUT2D eigenvalue weighted by Crippen LogP contribution is -2.25. The molecule has 1 aromatic carbocycles. The predicted molar refractivity (Wildman–Crippen MR) is 126 cm³/mol. The van der Waals surface area contributed by atoms with Gasteiger partial charge in [-0.05, 0) is 70.4 Å². The zero-order valence-corrected chi connectivity index (χ0v) is 19.8. The topological polar surface area (TPSA) is 61.9 Å². The molecular weight excluding hydrogens is 400 g/mol. The molecule has 32 heavy (non-hydrogen) atoms. The Morgan fingerprint density at radius 3 is 2.69 bits per heavy atom. The fourth-order valence-corrected chi connectivity index (χ4v) is 4.57. The van der Waals surface area contributed by atoms with Crippen LogP contribution in [0.2, 0.25) is 0 Å². The van der Waals surface area contributed by atoms with Gasteiger partial charge in [0.15, 0.2) is 0 Å². The maximum Gasteiger partial charge on any atom is 0.368 e. The maximum atomic E-state index is 12.4. The summed E-state index contributed by atoms with van der Waals surface area (Å²) < 4.78 is 8.96. The van der Waals surface area contributed by atoms with Gasteiger partial charge in [-0.15, -0.1) is 0 Å². The molecular formula is C26H32N4O2. The van der Waals surface area contributed by atoms with E-state index in [2.05, 4.69) is 62.4 Å². The van der Waals surface area contributed by atoms with Crippen LogP contribution in [0.1, 0.15) is 51.7 Å². The SMILES string of the molecule is CC1=C(OCc2c(C)cccc2-n2nnn(C)c2=O)CC(C)(C)C(C2=CC=CCC2C)=C1. The summed E-state index contributed by atoms with van der Waals surface area (Å²) in [6.07, 6.45) is 10.9. The van der Waals surface area contributed by atoms with E-state index < -0.39 is 0 Å². The Kier molecular flexibility index (Phi) is 5.80. The van der Waals surface area contributed by atoms with Crippen molar-refractivity contribution in [2.45, 2.75) is 54.1 Å². The van der Waals surface area contributed by atoms with E-state index in [1.165, 1.54) is 20.5 Å². The van der Waals surface area contributed by atoms with E-state index in [0.29, 0.717) is 18.2 Å². The van der Waals surface area contributed by atoms with Crippen molar-refractivity contribution in [1.29, 1.82) is 0 Å². The Labute approximate surface area is 189 Å². The molecule has 0 aliphatic heterocycles. The monoisotopic (exact) mass is 432 g/mol. The van der Waals surface area contributed by atoms with Gasteiger partial charge in [-0.25, -0.2) is 4.79 Å². The largest absolute Gasteiger partial charge is 0.493 e. The van der Waals surface area contributed by atoms with Gasteiger partial charge in [0.05, 0.1) is 5.69 Å². The van der Waals surface area contributed by atoms with E-state index in [1.807, 2.05) is 25.1 Å². The molecule has 0 fully saturated rings. The molecule has 0 spiro atoms. The molecule has 1 unspecified atom stereocenters. The summed E-state index contributed by atoms with van der Waals surface area (Å²) in [6, 6.07) is 5.83. The van der Waals surface area contributed by atoms with Crippen molar-refractivity contribution in [3.8, 4) is 5.69 Å². The first-order chi connectivity index (χ1) is 15.2.